The third-order valence-corrected chi connectivity index (χ3v) is 2.41. The molecule has 2 rings (SSSR count). The van der Waals surface area contributed by atoms with Crippen molar-refractivity contribution in [3.8, 4) is 11.3 Å². The lowest BCUT2D eigenvalue weighted by Crippen LogP contribution is -1.93. The van der Waals surface area contributed by atoms with Crippen molar-refractivity contribution in [3.63, 3.8) is 0 Å². The van der Waals surface area contributed by atoms with Gasteiger partial charge in [0.1, 0.15) is 11.5 Å². The van der Waals surface area contributed by atoms with Gasteiger partial charge in [-0.15, -0.1) is 0 Å². The largest absolute Gasteiger partial charge is 0.455 e. The summed E-state index contributed by atoms with van der Waals surface area (Å²) in [4.78, 5) is 0. The van der Waals surface area contributed by atoms with E-state index in [1.807, 2.05) is 0 Å². The second-order valence-corrected chi connectivity index (χ2v) is 3.57. The Morgan fingerprint density at radius 1 is 1.11 bits per heavy atom. The standard InChI is InChI=1S/C12H8F3NO2/c1-6(16-17)9-4-5-10(18-9)7-2-3-8(13)12(15)11(7)14/h2-5,17H,1H3/b16-6+. The molecule has 6 heteroatoms. The van der Waals surface area contributed by atoms with Crippen LogP contribution in [0.15, 0.2) is 33.8 Å². The van der Waals surface area contributed by atoms with Gasteiger partial charge in [0.2, 0.25) is 0 Å². The summed E-state index contributed by atoms with van der Waals surface area (Å²) in [6.07, 6.45) is 0. The fourth-order valence-corrected chi connectivity index (χ4v) is 1.44. The van der Waals surface area contributed by atoms with Crippen LogP contribution in [0.2, 0.25) is 0 Å². The van der Waals surface area contributed by atoms with E-state index in [0.29, 0.717) is 0 Å². The number of benzene rings is 1. The number of furan rings is 1. The molecule has 1 aromatic heterocycles. The molecule has 0 aliphatic rings. The lowest BCUT2D eigenvalue weighted by atomic mass is 10.1. The lowest BCUT2D eigenvalue weighted by molar-refractivity contribution is 0.317. The summed E-state index contributed by atoms with van der Waals surface area (Å²) >= 11 is 0. The van der Waals surface area contributed by atoms with Gasteiger partial charge in [0.15, 0.2) is 23.2 Å². The van der Waals surface area contributed by atoms with Crippen LogP contribution in [0.4, 0.5) is 13.2 Å². The number of oxime groups is 1. The van der Waals surface area contributed by atoms with Gasteiger partial charge in [0.05, 0.1) is 5.56 Å². The van der Waals surface area contributed by atoms with Crippen molar-refractivity contribution in [1.82, 2.24) is 0 Å². The van der Waals surface area contributed by atoms with Crippen molar-refractivity contribution in [1.29, 1.82) is 0 Å². The van der Waals surface area contributed by atoms with Crippen LogP contribution in [-0.4, -0.2) is 10.9 Å². The first-order valence-electron chi connectivity index (χ1n) is 4.97. The van der Waals surface area contributed by atoms with Crippen LogP contribution in [0, 0.1) is 17.5 Å². The van der Waals surface area contributed by atoms with E-state index in [1.54, 1.807) is 0 Å². The molecule has 0 radical (unpaired) electrons. The van der Waals surface area contributed by atoms with Crippen molar-refractivity contribution in [3.05, 3.63) is 47.5 Å². The van der Waals surface area contributed by atoms with E-state index in [0.717, 1.165) is 12.1 Å². The van der Waals surface area contributed by atoms with E-state index >= 15 is 0 Å². The average Bonchev–Trinajstić information content (AvgIpc) is 2.84. The number of nitrogens with zero attached hydrogens (tertiary/aromatic N) is 1. The molecule has 1 N–H and O–H groups in total. The molecular formula is C12H8F3NO2. The number of halogens is 3. The van der Waals surface area contributed by atoms with E-state index in [9.17, 15) is 13.2 Å². The second-order valence-electron chi connectivity index (χ2n) is 3.57. The van der Waals surface area contributed by atoms with E-state index in [2.05, 4.69) is 5.16 Å². The minimum Gasteiger partial charge on any atom is -0.455 e. The third kappa shape index (κ3) is 1.97. The molecule has 2 aromatic rings. The molecule has 0 spiro atoms. The Kier molecular flexibility index (Phi) is 3.10. The number of hydrogen-bond acceptors (Lipinski definition) is 3. The summed E-state index contributed by atoms with van der Waals surface area (Å²) in [5.41, 5.74) is -0.0184. The Bertz CT molecular complexity index is 620. The SMILES string of the molecule is C/C(=N\O)c1ccc(-c2ccc(F)c(F)c2F)o1. The molecule has 0 aliphatic heterocycles. The van der Waals surface area contributed by atoms with Crippen LogP contribution < -0.4 is 0 Å². The van der Waals surface area contributed by atoms with Crippen LogP contribution >= 0.6 is 0 Å². The van der Waals surface area contributed by atoms with Crippen molar-refractivity contribution in [2.75, 3.05) is 0 Å². The highest BCUT2D eigenvalue weighted by molar-refractivity contribution is 5.96. The molecule has 0 bridgehead atoms. The van der Waals surface area contributed by atoms with Crippen molar-refractivity contribution >= 4 is 5.71 Å². The molecule has 0 amide bonds. The molecule has 0 fully saturated rings. The highest BCUT2D eigenvalue weighted by atomic mass is 19.2. The fourth-order valence-electron chi connectivity index (χ4n) is 1.44. The molecule has 0 saturated carbocycles. The molecular weight excluding hydrogens is 247 g/mol. The summed E-state index contributed by atoms with van der Waals surface area (Å²) in [6, 6.07) is 4.69. The predicted octanol–water partition coefficient (Wildman–Crippen LogP) is 3.56. The molecule has 1 aromatic carbocycles. The van der Waals surface area contributed by atoms with Crippen molar-refractivity contribution in [2.45, 2.75) is 6.92 Å². The van der Waals surface area contributed by atoms with Gasteiger partial charge in [0.25, 0.3) is 0 Å². The van der Waals surface area contributed by atoms with Gasteiger partial charge in [0, 0.05) is 0 Å². The smallest absolute Gasteiger partial charge is 0.195 e. The highest BCUT2D eigenvalue weighted by Gasteiger charge is 2.17. The van der Waals surface area contributed by atoms with Gasteiger partial charge in [-0.1, -0.05) is 5.16 Å². The van der Waals surface area contributed by atoms with Crippen molar-refractivity contribution in [2.24, 2.45) is 5.16 Å². The zero-order valence-corrected chi connectivity index (χ0v) is 9.25. The molecule has 94 valence electrons. The Labute approximate surface area is 100 Å². The molecule has 1 heterocycles. The topological polar surface area (TPSA) is 45.7 Å². The van der Waals surface area contributed by atoms with Crippen molar-refractivity contribution < 1.29 is 22.8 Å². The summed E-state index contributed by atoms with van der Waals surface area (Å²) < 4.78 is 44.5. The molecule has 0 unspecified atom stereocenters. The molecule has 0 aliphatic carbocycles. The molecule has 3 nitrogen and oxygen atoms in total. The Balaban J connectivity index is 2.50. The van der Waals surface area contributed by atoms with E-state index in [4.69, 9.17) is 9.62 Å². The quantitative estimate of drug-likeness (QED) is 0.386. The van der Waals surface area contributed by atoms with Gasteiger partial charge >= 0.3 is 0 Å². The predicted molar refractivity (Wildman–Crippen MR) is 58.0 cm³/mol. The first kappa shape index (κ1) is 12.2. The highest BCUT2D eigenvalue weighted by Crippen LogP contribution is 2.27. The summed E-state index contributed by atoms with van der Waals surface area (Å²) in [6.45, 7) is 1.48. The second kappa shape index (κ2) is 4.56. The molecule has 0 saturated heterocycles. The van der Waals surface area contributed by atoms with Gasteiger partial charge in [-0.05, 0) is 31.2 Å². The maximum absolute atomic E-state index is 13.5. The number of hydrogen-bond donors (Lipinski definition) is 1. The Morgan fingerprint density at radius 2 is 1.83 bits per heavy atom. The van der Waals surface area contributed by atoms with Crippen LogP contribution in [0.5, 0.6) is 0 Å². The lowest BCUT2D eigenvalue weighted by Gasteiger charge is -2.01. The van der Waals surface area contributed by atoms with E-state index in [-0.39, 0.29) is 22.8 Å². The maximum atomic E-state index is 13.5. The zero-order chi connectivity index (χ0) is 13.3. The zero-order valence-electron chi connectivity index (χ0n) is 9.25. The van der Waals surface area contributed by atoms with Crippen LogP contribution in [0.3, 0.4) is 0 Å². The van der Waals surface area contributed by atoms with Gasteiger partial charge in [-0.25, -0.2) is 13.2 Å². The van der Waals surface area contributed by atoms with Gasteiger partial charge in [-0.3, -0.25) is 0 Å². The van der Waals surface area contributed by atoms with Crippen LogP contribution in [0.1, 0.15) is 12.7 Å². The Hall–Kier alpha value is -2.24. The van der Waals surface area contributed by atoms with Crippen LogP contribution in [-0.2, 0) is 0 Å². The maximum Gasteiger partial charge on any atom is 0.195 e. The van der Waals surface area contributed by atoms with Crippen LogP contribution in [0.25, 0.3) is 11.3 Å². The summed E-state index contributed by atoms with van der Waals surface area (Å²) in [5, 5.41) is 11.5. The first-order valence-corrected chi connectivity index (χ1v) is 4.97. The minimum atomic E-state index is -1.56. The van der Waals surface area contributed by atoms with Gasteiger partial charge in [-0.2, -0.15) is 0 Å². The number of rotatable bonds is 2. The fraction of sp³-hybridized carbons (Fsp3) is 0.0833. The minimum absolute atomic E-state index is 0.0180. The summed E-state index contributed by atoms with van der Waals surface area (Å²) in [5.74, 6) is -3.93. The molecule has 18 heavy (non-hydrogen) atoms. The molecule has 0 atom stereocenters. The van der Waals surface area contributed by atoms with E-state index < -0.39 is 17.5 Å². The monoisotopic (exact) mass is 255 g/mol. The normalized spacial score (nSPS) is 11.9. The first-order chi connectivity index (χ1) is 8.54. The Morgan fingerprint density at radius 3 is 2.50 bits per heavy atom. The van der Waals surface area contributed by atoms with E-state index in [1.165, 1.54) is 19.1 Å². The third-order valence-electron chi connectivity index (χ3n) is 2.41. The summed E-state index contributed by atoms with van der Waals surface area (Å²) in [7, 11) is 0. The van der Waals surface area contributed by atoms with Gasteiger partial charge < -0.3 is 9.62 Å². The average molecular weight is 255 g/mol.